The molecule has 0 aliphatic rings. The summed E-state index contributed by atoms with van der Waals surface area (Å²) in [6.07, 6.45) is 1.93. The van der Waals surface area contributed by atoms with E-state index in [0.29, 0.717) is 6.04 Å². The Bertz CT molecular complexity index is 476. The summed E-state index contributed by atoms with van der Waals surface area (Å²) in [6.45, 7) is 10.4. The molecular weight excluding hydrogens is 264 g/mol. The van der Waals surface area contributed by atoms with Crippen LogP contribution >= 0.6 is 11.8 Å². The van der Waals surface area contributed by atoms with Crippen molar-refractivity contribution < 1.29 is 0 Å². The molecule has 1 rings (SSSR count). The number of nitriles is 1. The zero-order valence-corrected chi connectivity index (χ0v) is 14.1. The van der Waals surface area contributed by atoms with Gasteiger partial charge in [-0.2, -0.15) is 5.26 Å². The number of nitrogens with zero attached hydrogens (tertiary/aromatic N) is 1. The van der Waals surface area contributed by atoms with Crippen molar-refractivity contribution in [2.24, 2.45) is 0 Å². The van der Waals surface area contributed by atoms with E-state index in [1.807, 2.05) is 18.7 Å². The first kappa shape index (κ1) is 17.1. The lowest BCUT2D eigenvalue weighted by atomic mass is 9.97. The summed E-state index contributed by atoms with van der Waals surface area (Å²) in [5, 5.41) is 12.7. The summed E-state index contributed by atoms with van der Waals surface area (Å²) in [4.78, 5) is 1.35. The van der Waals surface area contributed by atoms with Gasteiger partial charge in [0.25, 0.3) is 0 Å². The van der Waals surface area contributed by atoms with Crippen LogP contribution in [0, 0.1) is 25.2 Å². The van der Waals surface area contributed by atoms with Gasteiger partial charge in [-0.05, 0) is 64.8 Å². The van der Waals surface area contributed by atoms with Gasteiger partial charge < -0.3 is 0 Å². The Morgan fingerprint density at radius 1 is 1.35 bits per heavy atom. The van der Waals surface area contributed by atoms with E-state index in [0.717, 1.165) is 18.6 Å². The summed E-state index contributed by atoms with van der Waals surface area (Å²) in [5.41, 5.74) is 2.25. The first-order valence-corrected chi connectivity index (χ1v) is 8.24. The van der Waals surface area contributed by atoms with Crippen molar-refractivity contribution in [1.29, 1.82) is 5.26 Å². The molecule has 1 N–H and O–H groups in total. The van der Waals surface area contributed by atoms with Crippen LogP contribution in [-0.2, 0) is 0 Å². The average molecular weight is 290 g/mol. The van der Waals surface area contributed by atoms with Crippen molar-refractivity contribution in [3.8, 4) is 6.07 Å². The number of rotatable bonds is 7. The Hall–Kier alpha value is -0.980. The van der Waals surface area contributed by atoms with Crippen molar-refractivity contribution in [3.05, 3.63) is 29.3 Å². The second kappa shape index (κ2) is 7.71. The van der Waals surface area contributed by atoms with Crippen molar-refractivity contribution in [2.45, 2.75) is 63.9 Å². The highest BCUT2D eigenvalue weighted by atomic mass is 32.2. The lowest BCUT2D eigenvalue weighted by Gasteiger charge is -2.25. The zero-order valence-electron chi connectivity index (χ0n) is 13.3. The van der Waals surface area contributed by atoms with Crippen LogP contribution in [0.25, 0.3) is 0 Å². The minimum Gasteiger partial charge on any atom is -0.297 e. The van der Waals surface area contributed by atoms with E-state index in [1.54, 1.807) is 0 Å². The Labute approximate surface area is 128 Å². The van der Waals surface area contributed by atoms with E-state index in [1.165, 1.54) is 16.0 Å². The molecule has 0 fully saturated rings. The van der Waals surface area contributed by atoms with Gasteiger partial charge in [0.15, 0.2) is 0 Å². The van der Waals surface area contributed by atoms with Gasteiger partial charge in [-0.25, -0.2) is 0 Å². The zero-order chi connectivity index (χ0) is 15.2. The summed E-state index contributed by atoms with van der Waals surface area (Å²) < 4.78 is 0. The van der Waals surface area contributed by atoms with Crippen LogP contribution < -0.4 is 5.32 Å². The number of hydrogen-bond donors (Lipinski definition) is 1. The number of nitrogens with one attached hydrogen (secondary N) is 1. The number of thioether (sulfide) groups is 1. The van der Waals surface area contributed by atoms with Crippen LogP contribution in [0.1, 0.15) is 44.7 Å². The molecular formula is C17H26N2S. The standard InChI is InChI=1S/C17H26N2S/c1-13(2)19-17(5,12-18)9-6-10-20-16-8-7-14(3)11-15(16)4/h7-8,11,13,19H,6,9-10H2,1-5H3. The normalized spacial score (nSPS) is 14.1. The highest BCUT2D eigenvalue weighted by Crippen LogP contribution is 2.25. The van der Waals surface area contributed by atoms with Crippen molar-refractivity contribution >= 4 is 11.8 Å². The molecule has 1 aromatic rings. The second-order valence-electron chi connectivity index (χ2n) is 5.96. The maximum Gasteiger partial charge on any atom is 0.104 e. The van der Waals surface area contributed by atoms with Gasteiger partial charge in [-0.1, -0.05) is 17.7 Å². The molecule has 0 aromatic heterocycles. The van der Waals surface area contributed by atoms with Crippen LogP contribution in [0.2, 0.25) is 0 Å². The maximum absolute atomic E-state index is 9.31. The fourth-order valence-electron chi connectivity index (χ4n) is 2.37. The molecule has 20 heavy (non-hydrogen) atoms. The molecule has 0 bridgehead atoms. The maximum atomic E-state index is 9.31. The number of hydrogen-bond acceptors (Lipinski definition) is 3. The molecule has 110 valence electrons. The highest BCUT2D eigenvalue weighted by Gasteiger charge is 2.23. The molecule has 1 aromatic carbocycles. The molecule has 0 aliphatic heterocycles. The van der Waals surface area contributed by atoms with Gasteiger partial charge >= 0.3 is 0 Å². The van der Waals surface area contributed by atoms with Gasteiger partial charge in [-0.3, -0.25) is 5.32 Å². The summed E-state index contributed by atoms with van der Waals surface area (Å²) in [6, 6.07) is 9.33. The van der Waals surface area contributed by atoms with E-state index in [-0.39, 0.29) is 0 Å². The molecule has 1 atom stereocenters. The molecule has 0 spiro atoms. The van der Waals surface area contributed by atoms with Crippen molar-refractivity contribution in [1.82, 2.24) is 5.32 Å². The van der Waals surface area contributed by atoms with Crippen LogP contribution in [0.3, 0.4) is 0 Å². The topological polar surface area (TPSA) is 35.8 Å². The Balaban J connectivity index is 2.43. The van der Waals surface area contributed by atoms with E-state index in [4.69, 9.17) is 0 Å². The van der Waals surface area contributed by atoms with Gasteiger partial charge in [0.05, 0.1) is 6.07 Å². The van der Waals surface area contributed by atoms with Gasteiger partial charge in [-0.15, -0.1) is 11.8 Å². The number of aryl methyl sites for hydroxylation is 2. The minimum atomic E-state index is -0.406. The number of benzene rings is 1. The first-order chi connectivity index (χ1) is 9.36. The summed E-state index contributed by atoms with van der Waals surface area (Å²) in [5.74, 6) is 1.06. The van der Waals surface area contributed by atoms with Crippen LogP contribution in [0.5, 0.6) is 0 Å². The molecule has 0 amide bonds. The van der Waals surface area contributed by atoms with Crippen LogP contribution in [-0.4, -0.2) is 17.3 Å². The summed E-state index contributed by atoms with van der Waals surface area (Å²) >= 11 is 1.89. The predicted molar refractivity (Wildman–Crippen MR) is 88.2 cm³/mol. The Morgan fingerprint density at radius 2 is 2.05 bits per heavy atom. The highest BCUT2D eigenvalue weighted by molar-refractivity contribution is 7.99. The van der Waals surface area contributed by atoms with E-state index in [2.05, 4.69) is 57.3 Å². The predicted octanol–water partition coefficient (Wildman–Crippen LogP) is 4.46. The smallest absolute Gasteiger partial charge is 0.104 e. The van der Waals surface area contributed by atoms with Crippen molar-refractivity contribution in [2.75, 3.05) is 5.75 Å². The SMILES string of the molecule is Cc1ccc(SCCCC(C)(C#N)NC(C)C)c(C)c1. The van der Waals surface area contributed by atoms with Gasteiger partial charge in [0.1, 0.15) is 5.54 Å². The van der Waals surface area contributed by atoms with E-state index >= 15 is 0 Å². The van der Waals surface area contributed by atoms with Crippen LogP contribution in [0.15, 0.2) is 23.1 Å². The fourth-order valence-corrected chi connectivity index (χ4v) is 3.33. The second-order valence-corrected chi connectivity index (χ2v) is 7.10. The quantitative estimate of drug-likeness (QED) is 0.595. The average Bonchev–Trinajstić information content (AvgIpc) is 2.36. The minimum absolute atomic E-state index is 0.339. The third-order valence-corrected chi connectivity index (χ3v) is 4.52. The van der Waals surface area contributed by atoms with E-state index in [9.17, 15) is 5.26 Å². The van der Waals surface area contributed by atoms with Crippen LogP contribution in [0.4, 0.5) is 0 Å². The molecule has 0 saturated heterocycles. The first-order valence-electron chi connectivity index (χ1n) is 7.25. The lowest BCUT2D eigenvalue weighted by molar-refractivity contribution is 0.380. The third kappa shape index (κ3) is 5.56. The fraction of sp³-hybridized carbons (Fsp3) is 0.588. The lowest BCUT2D eigenvalue weighted by Crippen LogP contribution is -2.44. The van der Waals surface area contributed by atoms with Gasteiger partial charge in [0.2, 0.25) is 0 Å². The molecule has 3 heteroatoms. The van der Waals surface area contributed by atoms with Crippen molar-refractivity contribution in [3.63, 3.8) is 0 Å². The monoisotopic (exact) mass is 290 g/mol. The molecule has 0 radical (unpaired) electrons. The third-order valence-electron chi connectivity index (χ3n) is 3.26. The Morgan fingerprint density at radius 3 is 2.60 bits per heavy atom. The van der Waals surface area contributed by atoms with Gasteiger partial charge in [0, 0.05) is 10.9 Å². The summed E-state index contributed by atoms with van der Waals surface area (Å²) in [7, 11) is 0. The molecule has 0 saturated carbocycles. The Kier molecular flexibility index (Phi) is 6.58. The molecule has 0 aliphatic carbocycles. The van der Waals surface area contributed by atoms with E-state index < -0.39 is 5.54 Å². The molecule has 1 unspecified atom stereocenters. The molecule has 2 nitrogen and oxygen atoms in total. The molecule has 0 heterocycles. The largest absolute Gasteiger partial charge is 0.297 e.